The molecular weight excluding hydrogens is 390 g/mol. The number of hydrogen-bond acceptors (Lipinski definition) is 2. The maximum Gasteiger partial charge on any atom is 0.141 e. The molecule has 4 aromatic rings. The first kappa shape index (κ1) is 19.3. The number of rotatable bonds is 3. The first-order valence-electron chi connectivity index (χ1n) is 11.7. The highest BCUT2D eigenvalue weighted by molar-refractivity contribution is 5.95. The first-order chi connectivity index (χ1) is 15.7. The van der Waals surface area contributed by atoms with Crippen LogP contribution in [-0.2, 0) is 0 Å². The summed E-state index contributed by atoms with van der Waals surface area (Å²) in [5, 5.41) is 4.79. The van der Waals surface area contributed by atoms with Gasteiger partial charge in [-0.2, -0.15) is 0 Å². The van der Waals surface area contributed by atoms with Crippen molar-refractivity contribution in [2.75, 3.05) is 0 Å². The molecule has 0 saturated heterocycles. The molecule has 158 valence electrons. The molecule has 0 unspecified atom stereocenters. The van der Waals surface area contributed by atoms with Crippen LogP contribution in [0.15, 0.2) is 76.9 Å². The Morgan fingerprint density at radius 1 is 0.969 bits per heavy atom. The van der Waals surface area contributed by atoms with E-state index in [1.165, 1.54) is 62.9 Å². The highest BCUT2D eigenvalue weighted by Crippen LogP contribution is 2.32. The van der Waals surface area contributed by atoms with Crippen LogP contribution in [0.4, 0.5) is 0 Å². The minimum absolute atomic E-state index is 0.457. The van der Waals surface area contributed by atoms with Crippen LogP contribution in [0.5, 0.6) is 0 Å². The summed E-state index contributed by atoms with van der Waals surface area (Å²) >= 11 is 0. The lowest BCUT2D eigenvalue weighted by Gasteiger charge is -2.10. The Morgan fingerprint density at radius 2 is 1.88 bits per heavy atom. The van der Waals surface area contributed by atoms with Crippen molar-refractivity contribution in [2.45, 2.75) is 39.5 Å². The molecule has 2 aromatic heterocycles. The standard InChI is InChI=1S/C30H27NO/c1-19(2)21-11-14-26(30-27(18-21)25-9-5-6-10-28(25)32-30)29-24-13-12-22(20-7-3-4-8-20)17-23(24)15-16-31-29/h5-7,9-13,15-19H,3-4,8,14H2,1-2H3. The van der Waals surface area contributed by atoms with Crippen molar-refractivity contribution in [3.05, 3.63) is 94.3 Å². The molecule has 0 aliphatic heterocycles. The van der Waals surface area contributed by atoms with Gasteiger partial charge >= 0.3 is 0 Å². The van der Waals surface area contributed by atoms with E-state index in [9.17, 15) is 0 Å². The molecule has 2 nitrogen and oxygen atoms in total. The summed E-state index contributed by atoms with van der Waals surface area (Å²) in [4.78, 5) is 4.88. The molecule has 2 aromatic carbocycles. The molecule has 2 aliphatic rings. The average Bonchev–Trinajstić information content (AvgIpc) is 3.43. The van der Waals surface area contributed by atoms with E-state index in [0.717, 1.165) is 23.1 Å². The second-order valence-corrected chi connectivity index (χ2v) is 9.24. The summed E-state index contributed by atoms with van der Waals surface area (Å²) < 4.78 is 6.47. The normalized spacial score (nSPS) is 16.2. The molecule has 6 rings (SSSR count). The van der Waals surface area contributed by atoms with E-state index >= 15 is 0 Å². The minimum atomic E-state index is 0.457. The van der Waals surface area contributed by atoms with Gasteiger partial charge in [-0.05, 0) is 78.0 Å². The van der Waals surface area contributed by atoms with Crippen molar-refractivity contribution < 1.29 is 4.42 Å². The number of fused-ring (bicyclic) bond motifs is 4. The van der Waals surface area contributed by atoms with Crippen molar-refractivity contribution in [3.63, 3.8) is 0 Å². The van der Waals surface area contributed by atoms with Gasteiger partial charge in [0.1, 0.15) is 11.0 Å². The molecule has 0 N–H and O–H groups in total. The largest absolute Gasteiger partial charge is 0.456 e. The van der Waals surface area contributed by atoms with E-state index < -0.39 is 0 Å². The fraction of sp³-hybridized carbons (Fsp3) is 0.233. The molecule has 0 fully saturated rings. The van der Waals surface area contributed by atoms with E-state index in [0.29, 0.717) is 5.92 Å². The number of nitrogens with zero attached hydrogens (tertiary/aromatic N) is 1. The lowest BCUT2D eigenvalue weighted by molar-refractivity contribution is 0.571. The predicted octanol–water partition coefficient (Wildman–Crippen LogP) is 6.51. The highest BCUT2D eigenvalue weighted by atomic mass is 16.3. The van der Waals surface area contributed by atoms with Gasteiger partial charge in [0.25, 0.3) is 0 Å². The molecule has 32 heavy (non-hydrogen) atoms. The molecule has 0 atom stereocenters. The zero-order chi connectivity index (χ0) is 21.7. The zero-order valence-corrected chi connectivity index (χ0v) is 18.7. The Hall–Kier alpha value is -3.39. The fourth-order valence-electron chi connectivity index (χ4n) is 5.13. The van der Waals surface area contributed by atoms with Gasteiger partial charge in [0, 0.05) is 27.8 Å². The number of allylic oxidation sites excluding steroid dienone is 4. The molecule has 2 heterocycles. The SMILES string of the molecule is CC(C)C1=CCC(c2nccc3cc(C4=CCCC4)ccc23)=c2oc3ccccc3c2=C1. The molecule has 2 heteroatoms. The predicted molar refractivity (Wildman–Crippen MR) is 134 cm³/mol. The molecule has 0 spiro atoms. The van der Waals surface area contributed by atoms with E-state index in [2.05, 4.69) is 74.5 Å². The maximum absolute atomic E-state index is 6.47. The average molecular weight is 418 g/mol. The van der Waals surface area contributed by atoms with Crippen molar-refractivity contribution in [1.29, 1.82) is 0 Å². The topological polar surface area (TPSA) is 26.0 Å². The molecule has 0 saturated carbocycles. The highest BCUT2D eigenvalue weighted by Gasteiger charge is 2.17. The summed E-state index contributed by atoms with van der Waals surface area (Å²) in [5.74, 6) is 0.457. The third-order valence-electron chi connectivity index (χ3n) is 6.89. The van der Waals surface area contributed by atoms with Crippen molar-refractivity contribution in [3.8, 4) is 0 Å². The lowest BCUT2D eigenvalue weighted by Crippen LogP contribution is -2.23. The second kappa shape index (κ2) is 7.63. The molecule has 0 amide bonds. The smallest absolute Gasteiger partial charge is 0.141 e. The quantitative estimate of drug-likeness (QED) is 0.380. The van der Waals surface area contributed by atoms with Crippen LogP contribution in [0.3, 0.4) is 0 Å². The van der Waals surface area contributed by atoms with Gasteiger partial charge in [0.15, 0.2) is 0 Å². The number of pyridine rings is 1. The zero-order valence-electron chi connectivity index (χ0n) is 18.7. The summed E-state index contributed by atoms with van der Waals surface area (Å²) in [6.45, 7) is 4.51. The van der Waals surface area contributed by atoms with E-state index in [1.807, 2.05) is 12.3 Å². The summed E-state index contributed by atoms with van der Waals surface area (Å²) in [6, 6.07) is 17.3. The summed E-state index contributed by atoms with van der Waals surface area (Å²) in [6.07, 6.45) is 13.5. The van der Waals surface area contributed by atoms with E-state index in [4.69, 9.17) is 9.40 Å². The first-order valence-corrected chi connectivity index (χ1v) is 11.7. The molecule has 2 aliphatic carbocycles. The Balaban J connectivity index is 1.63. The summed E-state index contributed by atoms with van der Waals surface area (Å²) in [5.41, 5.74) is 8.27. The number of furan rings is 1. The number of para-hydroxylation sites is 1. The molecule has 0 radical (unpaired) electrons. The number of hydrogen-bond donors (Lipinski definition) is 0. The van der Waals surface area contributed by atoms with Crippen LogP contribution in [-0.4, -0.2) is 4.98 Å². The van der Waals surface area contributed by atoms with Crippen LogP contribution < -0.4 is 10.6 Å². The minimum Gasteiger partial charge on any atom is -0.456 e. The van der Waals surface area contributed by atoms with Gasteiger partial charge in [-0.3, -0.25) is 4.98 Å². The lowest BCUT2D eigenvalue weighted by atomic mass is 9.96. The molecule has 0 bridgehead atoms. The Bertz CT molecular complexity index is 1550. The van der Waals surface area contributed by atoms with Crippen LogP contribution in [0.25, 0.3) is 39.0 Å². The second-order valence-electron chi connectivity index (χ2n) is 9.24. The van der Waals surface area contributed by atoms with Crippen LogP contribution in [0, 0.1) is 5.92 Å². The summed E-state index contributed by atoms with van der Waals surface area (Å²) in [7, 11) is 0. The van der Waals surface area contributed by atoms with Gasteiger partial charge in [-0.15, -0.1) is 0 Å². The maximum atomic E-state index is 6.47. The third-order valence-corrected chi connectivity index (χ3v) is 6.89. The Labute approximate surface area is 188 Å². The van der Waals surface area contributed by atoms with Gasteiger partial charge in [-0.25, -0.2) is 0 Å². The number of benzene rings is 2. The van der Waals surface area contributed by atoms with Gasteiger partial charge in [0.05, 0.1) is 5.69 Å². The van der Waals surface area contributed by atoms with Crippen molar-refractivity contribution >= 4 is 39.0 Å². The van der Waals surface area contributed by atoms with Gasteiger partial charge < -0.3 is 4.42 Å². The molecular formula is C30H27NO. The van der Waals surface area contributed by atoms with Crippen molar-refractivity contribution in [1.82, 2.24) is 4.98 Å². The third kappa shape index (κ3) is 3.14. The Kier molecular flexibility index (Phi) is 4.61. The Morgan fingerprint density at radius 3 is 2.72 bits per heavy atom. The van der Waals surface area contributed by atoms with Gasteiger partial charge in [0.2, 0.25) is 0 Å². The van der Waals surface area contributed by atoms with E-state index in [1.54, 1.807) is 0 Å². The fourth-order valence-corrected chi connectivity index (χ4v) is 5.13. The monoisotopic (exact) mass is 417 g/mol. The van der Waals surface area contributed by atoms with E-state index in [-0.39, 0.29) is 0 Å². The van der Waals surface area contributed by atoms with Crippen LogP contribution >= 0.6 is 0 Å². The van der Waals surface area contributed by atoms with Crippen LogP contribution in [0.1, 0.15) is 50.8 Å². The number of aromatic nitrogens is 1. The van der Waals surface area contributed by atoms with Crippen LogP contribution in [0.2, 0.25) is 0 Å². The van der Waals surface area contributed by atoms with Gasteiger partial charge in [-0.1, -0.05) is 56.3 Å². The van der Waals surface area contributed by atoms with Crippen molar-refractivity contribution in [2.24, 2.45) is 5.92 Å².